The number of carbonyl (C=O) groups excluding carboxylic acids is 1. The van der Waals surface area contributed by atoms with Crippen LogP contribution in [-0.4, -0.2) is 104 Å². The number of nitrogens with one attached hydrogen (secondary N) is 2. The van der Waals surface area contributed by atoms with E-state index < -0.39 is 16.1 Å². The van der Waals surface area contributed by atoms with Crippen molar-refractivity contribution in [2.75, 3.05) is 64.6 Å². The number of benzene rings is 2. The number of sulfonamides is 1. The zero-order valence-electron chi connectivity index (χ0n) is 25.6. The van der Waals surface area contributed by atoms with Crippen LogP contribution in [0.15, 0.2) is 53.0 Å². The first-order chi connectivity index (χ1) is 21.0. The Labute approximate surface area is 262 Å². The number of piperazine rings is 1. The maximum absolute atomic E-state index is 13.4. The van der Waals surface area contributed by atoms with E-state index in [2.05, 4.69) is 91.5 Å². The van der Waals surface area contributed by atoms with E-state index >= 15 is 0 Å². The zero-order chi connectivity index (χ0) is 31.4. The Morgan fingerprint density at radius 3 is 2.59 bits per heavy atom. The summed E-state index contributed by atoms with van der Waals surface area (Å²) >= 11 is 0.929. The largest absolute Gasteiger partial charge is 0.453 e. The van der Waals surface area contributed by atoms with E-state index in [-0.39, 0.29) is 15.4 Å². The zero-order valence-corrected chi connectivity index (χ0v) is 27.2. The second-order valence-corrected chi connectivity index (χ2v) is 14.3. The summed E-state index contributed by atoms with van der Waals surface area (Å²) in [4.78, 5) is 29.3. The van der Waals surface area contributed by atoms with E-state index in [0.29, 0.717) is 31.9 Å². The molecule has 2 aromatic heterocycles. The van der Waals surface area contributed by atoms with Crippen LogP contribution in [0.1, 0.15) is 18.2 Å². The third-order valence-corrected chi connectivity index (χ3v) is 10.9. The van der Waals surface area contributed by atoms with Gasteiger partial charge < -0.3 is 15.0 Å². The molecular weight excluding hydrogens is 601 g/mol. The fourth-order valence-electron chi connectivity index (χ4n) is 5.39. The SMILES string of the molecule is COC(=O)Nc1nc(C)c(S(=O)(=O)N2CCN(CC(C)Nc3ncnc4c(-c5cccc(CN(C)C)c5)cccc34)CC2)s1. The Hall–Kier alpha value is -3.69. The van der Waals surface area contributed by atoms with E-state index in [0.717, 1.165) is 52.3 Å². The van der Waals surface area contributed by atoms with Crippen molar-refractivity contribution in [3.05, 3.63) is 60.0 Å². The molecule has 2 N–H and O–H groups in total. The molecule has 1 atom stereocenters. The van der Waals surface area contributed by atoms with Crippen molar-refractivity contribution in [1.29, 1.82) is 0 Å². The minimum absolute atomic E-state index is 0.0547. The molecule has 3 heterocycles. The third-order valence-electron chi connectivity index (χ3n) is 7.37. The van der Waals surface area contributed by atoms with Gasteiger partial charge in [0.15, 0.2) is 9.34 Å². The van der Waals surface area contributed by atoms with Crippen LogP contribution in [0.4, 0.5) is 15.7 Å². The van der Waals surface area contributed by atoms with Crippen molar-refractivity contribution in [2.45, 2.75) is 30.6 Å². The summed E-state index contributed by atoms with van der Waals surface area (Å²) in [6.45, 7) is 7.21. The van der Waals surface area contributed by atoms with Crippen molar-refractivity contribution in [2.24, 2.45) is 0 Å². The van der Waals surface area contributed by atoms with Gasteiger partial charge in [0.1, 0.15) is 12.1 Å². The van der Waals surface area contributed by atoms with Gasteiger partial charge in [0, 0.05) is 56.3 Å². The lowest BCUT2D eigenvalue weighted by Gasteiger charge is -2.35. The highest BCUT2D eigenvalue weighted by Crippen LogP contribution is 2.32. The Morgan fingerprint density at radius 2 is 1.86 bits per heavy atom. The number of anilines is 2. The molecule has 0 spiro atoms. The monoisotopic (exact) mass is 638 g/mol. The molecule has 1 saturated heterocycles. The molecule has 1 aliphatic heterocycles. The number of ether oxygens (including phenoxy) is 1. The number of para-hydroxylation sites is 1. The number of amides is 1. The number of hydrogen-bond acceptors (Lipinski definition) is 11. The molecule has 5 rings (SSSR count). The predicted octanol–water partition coefficient (Wildman–Crippen LogP) is 4.11. The fourth-order valence-corrected chi connectivity index (χ4v) is 8.35. The predicted molar refractivity (Wildman–Crippen MR) is 174 cm³/mol. The summed E-state index contributed by atoms with van der Waals surface area (Å²) in [5, 5.41) is 7.15. The molecule has 1 fully saturated rings. The Bertz CT molecular complexity index is 1740. The molecule has 1 aliphatic rings. The first kappa shape index (κ1) is 31.7. The molecule has 12 nitrogen and oxygen atoms in total. The van der Waals surface area contributed by atoms with Gasteiger partial charge in [0.05, 0.1) is 18.3 Å². The average molecular weight is 639 g/mol. The number of fused-ring (bicyclic) bond motifs is 1. The van der Waals surface area contributed by atoms with E-state index in [4.69, 9.17) is 0 Å². The Morgan fingerprint density at radius 1 is 1.11 bits per heavy atom. The quantitative estimate of drug-likeness (QED) is 0.262. The van der Waals surface area contributed by atoms with E-state index in [1.165, 1.54) is 17.0 Å². The molecule has 0 radical (unpaired) electrons. The lowest BCUT2D eigenvalue weighted by Crippen LogP contribution is -2.50. The number of nitrogens with zero attached hydrogens (tertiary/aromatic N) is 6. The molecule has 1 unspecified atom stereocenters. The molecule has 4 aromatic rings. The van der Waals surface area contributed by atoms with E-state index in [9.17, 15) is 13.2 Å². The first-order valence-corrected chi connectivity index (χ1v) is 16.6. The van der Waals surface area contributed by atoms with Crippen LogP contribution in [0.25, 0.3) is 22.0 Å². The van der Waals surface area contributed by atoms with Gasteiger partial charge in [-0.05, 0) is 51.2 Å². The van der Waals surface area contributed by atoms with Crippen molar-refractivity contribution >= 4 is 49.3 Å². The minimum Gasteiger partial charge on any atom is -0.453 e. The van der Waals surface area contributed by atoms with Gasteiger partial charge in [-0.1, -0.05) is 41.7 Å². The minimum atomic E-state index is -3.74. The molecule has 14 heteroatoms. The number of carbonyl (C=O) groups is 1. The van der Waals surface area contributed by atoms with Crippen LogP contribution in [0.5, 0.6) is 0 Å². The Kier molecular flexibility index (Phi) is 9.75. The normalized spacial score (nSPS) is 15.4. The van der Waals surface area contributed by atoms with Crippen molar-refractivity contribution in [3.63, 3.8) is 0 Å². The van der Waals surface area contributed by atoms with Gasteiger partial charge in [0.25, 0.3) is 10.0 Å². The van der Waals surface area contributed by atoms with Gasteiger partial charge in [-0.3, -0.25) is 10.2 Å². The summed E-state index contributed by atoms with van der Waals surface area (Å²) in [5.74, 6) is 0.770. The summed E-state index contributed by atoms with van der Waals surface area (Å²) in [6, 6.07) is 14.8. The number of thiazole rings is 1. The summed E-state index contributed by atoms with van der Waals surface area (Å²) in [7, 11) is 1.62. The van der Waals surface area contributed by atoms with E-state index in [1.807, 2.05) is 12.1 Å². The maximum atomic E-state index is 13.4. The molecule has 44 heavy (non-hydrogen) atoms. The molecular formula is C30H38N8O4S2. The number of rotatable bonds is 10. The highest BCUT2D eigenvalue weighted by molar-refractivity contribution is 7.91. The lowest BCUT2D eigenvalue weighted by atomic mass is 10.00. The smallest absolute Gasteiger partial charge is 0.413 e. The topological polar surface area (TPSA) is 133 Å². The maximum Gasteiger partial charge on any atom is 0.413 e. The number of hydrogen-bond donors (Lipinski definition) is 2. The summed E-state index contributed by atoms with van der Waals surface area (Å²) < 4.78 is 32.9. The second-order valence-electron chi connectivity index (χ2n) is 11.1. The average Bonchev–Trinajstić information content (AvgIpc) is 3.37. The molecule has 0 saturated carbocycles. The number of methoxy groups -OCH3 is 1. The van der Waals surface area contributed by atoms with Crippen LogP contribution in [0, 0.1) is 6.92 Å². The van der Waals surface area contributed by atoms with Crippen LogP contribution < -0.4 is 10.6 Å². The first-order valence-electron chi connectivity index (χ1n) is 14.3. The number of aromatic nitrogens is 3. The van der Waals surface area contributed by atoms with Crippen molar-refractivity contribution < 1.29 is 17.9 Å². The van der Waals surface area contributed by atoms with Gasteiger partial charge >= 0.3 is 6.09 Å². The van der Waals surface area contributed by atoms with E-state index in [1.54, 1.807) is 13.3 Å². The highest BCUT2D eigenvalue weighted by Gasteiger charge is 2.32. The van der Waals surface area contributed by atoms with Gasteiger partial charge in [-0.25, -0.2) is 28.2 Å². The second kappa shape index (κ2) is 13.5. The van der Waals surface area contributed by atoms with Gasteiger partial charge in [0.2, 0.25) is 0 Å². The van der Waals surface area contributed by atoms with Gasteiger partial charge in [-0.15, -0.1) is 0 Å². The molecule has 0 bridgehead atoms. The van der Waals surface area contributed by atoms with Crippen LogP contribution in [0.3, 0.4) is 0 Å². The summed E-state index contributed by atoms with van der Waals surface area (Å²) in [6.07, 6.45) is 0.904. The molecule has 234 valence electrons. The summed E-state index contributed by atoms with van der Waals surface area (Å²) in [5.41, 5.74) is 4.65. The third kappa shape index (κ3) is 7.16. The van der Waals surface area contributed by atoms with Crippen LogP contribution in [0.2, 0.25) is 0 Å². The number of aryl methyl sites for hydroxylation is 1. The van der Waals surface area contributed by atoms with Crippen molar-refractivity contribution in [3.8, 4) is 11.1 Å². The van der Waals surface area contributed by atoms with Gasteiger partial charge in [-0.2, -0.15) is 4.31 Å². The van der Waals surface area contributed by atoms with Crippen LogP contribution in [-0.2, 0) is 21.3 Å². The van der Waals surface area contributed by atoms with Crippen molar-refractivity contribution in [1.82, 2.24) is 29.1 Å². The molecule has 0 aliphatic carbocycles. The molecule has 1 amide bonds. The standard InChI is InChI=1S/C30H38N8O4S2/c1-20(17-37-12-14-38(15-13-37)44(40,41)28-21(2)34-29(43-28)35-30(39)42-5)33-27-25-11-7-10-24(26(25)31-19-32-27)23-9-6-8-22(16-23)18-36(3)4/h6-11,16,19-20H,12-15,17-18H2,1-5H3,(H,31,32,33)(H,34,35,39). The Balaban J connectivity index is 1.23. The highest BCUT2D eigenvalue weighted by atomic mass is 32.2. The fraction of sp³-hybridized carbons (Fsp3) is 0.400. The van der Waals surface area contributed by atoms with Crippen LogP contribution >= 0.6 is 11.3 Å². The molecule has 2 aromatic carbocycles. The lowest BCUT2D eigenvalue weighted by molar-refractivity contribution is 0.184.